The highest BCUT2D eigenvalue weighted by atomic mass is 127. The number of hydrogen-bond donors (Lipinski definition) is 0. The van der Waals surface area contributed by atoms with E-state index in [0.29, 0.717) is 15.5 Å². The molecule has 0 bridgehead atoms. The van der Waals surface area contributed by atoms with Gasteiger partial charge in [-0.05, 0) is 0 Å². The highest BCUT2D eigenvalue weighted by molar-refractivity contribution is 14.1. The second-order valence-electron chi connectivity index (χ2n) is 3.07. The molecule has 1 atom stereocenters. The maximum Gasteiger partial charge on any atom is 0.326 e. The minimum atomic E-state index is -1.02. The summed E-state index contributed by atoms with van der Waals surface area (Å²) in [7, 11) is 2.49. The third-order valence-corrected chi connectivity index (χ3v) is 4.64. The molecular formula is C9H12INO4S. The van der Waals surface area contributed by atoms with Crippen LogP contribution in [0.3, 0.4) is 0 Å². The van der Waals surface area contributed by atoms with Crippen molar-refractivity contribution in [3.05, 3.63) is 0 Å². The van der Waals surface area contributed by atoms with Crippen LogP contribution in [0.2, 0.25) is 0 Å². The molecule has 0 aromatic carbocycles. The summed E-state index contributed by atoms with van der Waals surface area (Å²) >= 11 is 3.69. The van der Waals surface area contributed by atoms with Gasteiger partial charge in [0.2, 0.25) is 5.92 Å². The van der Waals surface area contributed by atoms with Gasteiger partial charge in [0.15, 0.2) is 0 Å². The van der Waals surface area contributed by atoms with Crippen LogP contribution in [-0.2, 0) is 19.1 Å². The van der Waals surface area contributed by atoms with Gasteiger partial charge in [-0.1, -0.05) is 22.6 Å². The summed E-state index contributed by atoms with van der Waals surface area (Å²) in [5.74, 6) is -1.43. The summed E-state index contributed by atoms with van der Waals surface area (Å²) < 4.78 is 9.59. The van der Waals surface area contributed by atoms with Crippen LogP contribution in [0, 0.1) is 5.92 Å². The molecule has 1 aliphatic rings. The van der Waals surface area contributed by atoms with Crippen LogP contribution in [0.1, 0.15) is 0 Å². The Bertz CT molecular complexity index is 305. The molecule has 1 aliphatic heterocycles. The molecule has 0 aromatic rings. The molecule has 0 fully saturated rings. The van der Waals surface area contributed by atoms with E-state index in [2.05, 4.69) is 37.1 Å². The van der Waals surface area contributed by atoms with Crippen LogP contribution in [0.25, 0.3) is 0 Å². The maximum absolute atomic E-state index is 11.5. The van der Waals surface area contributed by atoms with Crippen molar-refractivity contribution in [2.75, 3.05) is 26.5 Å². The quantitative estimate of drug-likeness (QED) is 0.325. The van der Waals surface area contributed by atoms with Crippen molar-refractivity contribution in [3.8, 4) is 0 Å². The normalized spacial score (nSPS) is 20.2. The molecule has 0 saturated heterocycles. The Hall–Kier alpha value is -0.310. The van der Waals surface area contributed by atoms with Crippen molar-refractivity contribution in [2.24, 2.45) is 10.9 Å². The van der Waals surface area contributed by atoms with Crippen molar-refractivity contribution >= 4 is 51.3 Å². The summed E-state index contributed by atoms with van der Waals surface area (Å²) in [6, 6.07) is 0. The Labute approximate surface area is 111 Å². The monoisotopic (exact) mass is 357 g/mol. The van der Waals surface area contributed by atoms with Crippen molar-refractivity contribution < 1.29 is 19.1 Å². The van der Waals surface area contributed by atoms with Crippen LogP contribution in [-0.4, -0.2) is 47.4 Å². The zero-order valence-corrected chi connectivity index (χ0v) is 11.9. The number of carbonyl (C=O) groups excluding carboxylic acids is 2. The van der Waals surface area contributed by atoms with E-state index in [0.717, 1.165) is 5.75 Å². The fourth-order valence-electron chi connectivity index (χ4n) is 1.17. The summed E-state index contributed by atoms with van der Waals surface area (Å²) in [5, 5.41) is 0.492. The van der Waals surface area contributed by atoms with E-state index in [-0.39, 0.29) is 0 Å². The lowest BCUT2D eigenvalue weighted by atomic mass is 10.1. The maximum atomic E-state index is 11.5. The lowest BCUT2D eigenvalue weighted by molar-refractivity contribution is -0.154. The van der Waals surface area contributed by atoms with Crippen LogP contribution >= 0.6 is 34.4 Å². The lowest BCUT2D eigenvalue weighted by Crippen LogP contribution is -2.34. The number of aliphatic imine (C=N–C) groups is 1. The largest absolute Gasteiger partial charge is 0.468 e. The van der Waals surface area contributed by atoms with Gasteiger partial charge in [0.25, 0.3) is 0 Å². The molecule has 0 aromatic heterocycles. The Morgan fingerprint density at radius 3 is 2.38 bits per heavy atom. The first-order valence-corrected chi connectivity index (χ1v) is 6.80. The van der Waals surface area contributed by atoms with Gasteiger partial charge in [0.1, 0.15) is 0 Å². The van der Waals surface area contributed by atoms with Crippen LogP contribution in [0.15, 0.2) is 4.99 Å². The number of alkyl halides is 1. The number of carbonyl (C=O) groups is 2. The minimum absolute atomic E-state index is 0.433. The summed E-state index contributed by atoms with van der Waals surface area (Å²) in [4.78, 5) is 27.2. The van der Waals surface area contributed by atoms with Crippen molar-refractivity contribution in [1.29, 1.82) is 0 Å². The van der Waals surface area contributed by atoms with Crippen molar-refractivity contribution in [3.63, 3.8) is 0 Å². The molecule has 1 rings (SSSR count). The number of halogens is 1. The Kier molecular flexibility index (Phi) is 5.53. The van der Waals surface area contributed by atoms with E-state index in [1.807, 2.05) is 0 Å². The molecule has 0 saturated carbocycles. The fourth-order valence-corrected chi connectivity index (χ4v) is 2.89. The molecule has 0 radical (unpaired) electrons. The lowest BCUT2D eigenvalue weighted by Gasteiger charge is -2.20. The first-order chi connectivity index (χ1) is 7.60. The summed E-state index contributed by atoms with van der Waals surface area (Å²) in [6.07, 6.45) is 0. The smallest absolute Gasteiger partial charge is 0.326 e. The Morgan fingerprint density at radius 1 is 1.44 bits per heavy atom. The predicted molar refractivity (Wildman–Crippen MR) is 70.1 cm³/mol. The molecule has 0 unspecified atom stereocenters. The third-order valence-electron chi connectivity index (χ3n) is 1.98. The molecule has 5 nitrogen and oxygen atoms in total. The van der Waals surface area contributed by atoms with E-state index in [1.165, 1.54) is 26.0 Å². The van der Waals surface area contributed by atoms with Gasteiger partial charge in [-0.15, -0.1) is 11.8 Å². The van der Waals surface area contributed by atoms with Crippen LogP contribution < -0.4 is 0 Å². The molecule has 1 heterocycles. The number of esters is 2. The molecule has 0 amide bonds. The average molecular weight is 357 g/mol. The standard InChI is InChI=1S/C9H12INO4S/c1-14-8(12)6(9(13)15-2)7-11-3-5(10)4-16-7/h5-6H,3-4H2,1-2H3/t5-/m0/s1. The Balaban J connectivity index is 2.85. The fraction of sp³-hybridized carbons (Fsp3) is 0.667. The Morgan fingerprint density at radius 2 is 2.00 bits per heavy atom. The zero-order valence-electron chi connectivity index (χ0n) is 8.94. The first kappa shape index (κ1) is 13.8. The van der Waals surface area contributed by atoms with Crippen LogP contribution in [0.4, 0.5) is 0 Å². The molecule has 7 heteroatoms. The first-order valence-electron chi connectivity index (χ1n) is 4.57. The van der Waals surface area contributed by atoms with E-state index < -0.39 is 17.9 Å². The second kappa shape index (κ2) is 6.43. The van der Waals surface area contributed by atoms with E-state index >= 15 is 0 Å². The number of rotatable bonds is 3. The highest BCUT2D eigenvalue weighted by Gasteiger charge is 2.35. The van der Waals surface area contributed by atoms with Gasteiger partial charge in [0, 0.05) is 9.68 Å². The van der Waals surface area contributed by atoms with E-state index in [1.54, 1.807) is 0 Å². The van der Waals surface area contributed by atoms with Gasteiger partial charge in [-0.3, -0.25) is 14.6 Å². The SMILES string of the molecule is COC(=O)C(C(=O)OC)C1=NC[C@H](I)CS1. The number of hydrogen-bond acceptors (Lipinski definition) is 6. The zero-order chi connectivity index (χ0) is 12.1. The molecular weight excluding hydrogens is 345 g/mol. The number of nitrogens with zero attached hydrogens (tertiary/aromatic N) is 1. The predicted octanol–water partition coefficient (Wildman–Crippen LogP) is 0.897. The summed E-state index contributed by atoms with van der Waals surface area (Å²) in [6.45, 7) is 0.618. The van der Waals surface area contributed by atoms with Gasteiger partial charge in [-0.2, -0.15) is 0 Å². The molecule has 0 N–H and O–H groups in total. The second-order valence-corrected chi connectivity index (χ2v) is 5.87. The van der Waals surface area contributed by atoms with E-state index in [9.17, 15) is 9.59 Å². The molecule has 0 spiro atoms. The van der Waals surface area contributed by atoms with Gasteiger partial charge < -0.3 is 9.47 Å². The minimum Gasteiger partial charge on any atom is -0.468 e. The molecule has 90 valence electrons. The summed E-state index contributed by atoms with van der Waals surface area (Å²) in [5.41, 5.74) is 0. The van der Waals surface area contributed by atoms with Crippen molar-refractivity contribution in [2.45, 2.75) is 3.92 Å². The van der Waals surface area contributed by atoms with Crippen LogP contribution in [0.5, 0.6) is 0 Å². The number of thioether (sulfide) groups is 1. The third kappa shape index (κ3) is 3.34. The average Bonchev–Trinajstić information content (AvgIpc) is 2.31. The molecule has 16 heavy (non-hydrogen) atoms. The van der Waals surface area contributed by atoms with Crippen molar-refractivity contribution in [1.82, 2.24) is 0 Å². The number of methoxy groups -OCH3 is 2. The van der Waals surface area contributed by atoms with Gasteiger partial charge >= 0.3 is 11.9 Å². The molecule has 0 aliphatic carbocycles. The van der Waals surface area contributed by atoms with Gasteiger partial charge in [0.05, 0.1) is 25.8 Å². The number of ether oxygens (including phenoxy) is 2. The highest BCUT2D eigenvalue weighted by Crippen LogP contribution is 2.24. The van der Waals surface area contributed by atoms with Gasteiger partial charge in [-0.25, -0.2) is 0 Å². The van der Waals surface area contributed by atoms with E-state index in [4.69, 9.17) is 0 Å². The topological polar surface area (TPSA) is 65.0 Å².